The van der Waals surface area contributed by atoms with E-state index in [9.17, 15) is 0 Å². The van der Waals surface area contributed by atoms with Gasteiger partial charge in [0, 0.05) is 65.8 Å². The number of hydrogen-bond donors (Lipinski definition) is 0. The minimum Gasteiger partial charge on any atom is -0.456 e. The summed E-state index contributed by atoms with van der Waals surface area (Å²) in [5, 5.41) is 4.73. The number of para-hydroxylation sites is 2. The second kappa shape index (κ2) is 15.8. The topological polar surface area (TPSA) is 29.5 Å². The fourth-order valence-electron chi connectivity index (χ4n) is 15.5. The Labute approximate surface area is 472 Å². The van der Waals surface area contributed by atoms with Crippen molar-refractivity contribution in [3.63, 3.8) is 0 Å². The van der Waals surface area contributed by atoms with Crippen LogP contribution >= 0.6 is 0 Å². The van der Waals surface area contributed by atoms with Gasteiger partial charge in [0.15, 0.2) is 0 Å². The number of rotatable bonds is 5. The van der Waals surface area contributed by atoms with Crippen LogP contribution in [0.5, 0.6) is 0 Å². The van der Waals surface area contributed by atoms with Crippen LogP contribution in [0.2, 0.25) is 0 Å². The molecule has 0 bridgehead atoms. The predicted molar refractivity (Wildman–Crippen MR) is 337 cm³/mol. The summed E-state index contributed by atoms with van der Waals surface area (Å²) < 4.78 is 13.3. The second-order valence-corrected chi connectivity index (χ2v) is 25.6. The molecule has 0 aliphatic heterocycles. The Kier molecular flexibility index (Phi) is 9.11. The molecule has 2 heterocycles. The van der Waals surface area contributed by atoms with Gasteiger partial charge in [0.2, 0.25) is 0 Å². The first-order chi connectivity index (χ1) is 39.2. The van der Waals surface area contributed by atoms with E-state index in [0.29, 0.717) is 0 Å². The van der Waals surface area contributed by atoms with Gasteiger partial charge in [-0.2, -0.15) is 0 Å². The summed E-state index contributed by atoms with van der Waals surface area (Å²) in [7, 11) is 0. The van der Waals surface area contributed by atoms with Gasteiger partial charge in [-0.1, -0.05) is 183 Å². The summed E-state index contributed by atoms with van der Waals surface area (Å²) in [6, 6.07) is 79.7. The molecule has 0 amide bonds. The highest BCUT2D eigenvalue weighted by Crippen LogP contribution is 2.61. The van der Waals surface area contributed by atoms with Crippen LogP contribution in [0.3, 0.4) is 0 Å². The first-order valence-electron chi connectivity index (χ1n) is 28.8. The first kappa shape index (κ1) is 46.7. The molecule has 0 radical (unpaired) electrons. The Bertz CT molecular complexity index is 4870. The molecular formula is C78H59NO2. The molecule has 0 atom stereocenters. The number of fused-ring (bicyclic) bond motifs is 20. The molecule has 0 fully saturated rings. The van der Waals surface area contributed by atoms with E-state index < -0.39 is 0 Å². The molecule has 2 aromatic heterocycles. The van der Waals surface area contributed by atoms with E-state index in [1.807, 2.05) is 0 Å². The molecule has 388 valence electrons. The third kappa shape index (κ3) is 6.19. The summed E-state index contributed by atoms with van der Waals surface area (Å²) in [6.07, 6.45) is 0. The van der Waals surface area contributed by atoms with E-state index in [2.05, 4.69) is 273 Å². The van der Waals surface area contributed by atoms with Gasteiger partial charge >= 0.3 is 0 Å². The molecule has 3 heteroatoms. The summed E-state index contributed by atoms with van der Waals surface area (Å²) in [4.78, 5) is 2.54. The largest absolute Gasteiger partial charge is 0.456 e. The zero-order valence-corrected chi connectivity index (χ0v) is 47.0. The normalized spacial score (nSPS) is 15.8. The van der Waals surface area contributed by atoms with E-state index in [1.54, 1.807) is 0 Å². The molecule has 3 nitrogen and oxygen atoms in total. The van der Waals surface area contributed by atoms with Crippen molar-refractivity contribution in [2.24, 2.45) is 0 Å². The molecule has 11 aromatic carbocycles. The summed E-state index contributed by atoms with van der Waals surface area (Å²) in [5.74, 6) is 0. The molecule has 17 rings (SSSR count). The van der Waals surface area contributed by atoms with Crippen molar-refractivity contribution in [2.45, 2.75) is 77.0 Å². The second-order valence-electron chi connectivity index (χ2n) is 25.6. The van der Waals surface area contributed by atoms with Crippen LogP contribution in [0, 0.1) is 0 Å². The number of hydrogen-bond acceptors (Lipinski definition) is 3. The van der Waals surface area contributed by atoms with Crippen LogP contribution in [0.1, 0.15) is 99.9 Å². The van der Waals surface area contributed by atoms with Crippen LogP contribution in [0.25, 0.3) is 111 Å². The maximum absolute atomic E-state index is 6.79. The standard InChI is InChI=1S/C78H59NO2/c1-75(2)60-33-34-70-73(55-24-16-18-26-69(55)80-70)71(60)58-42-64-56(40-66(58)75)51-29-27-48(38-62(51)77(64,5)6)79(50-36-46(44-19-11-9-12-20-44)35-47(37-50)45-21-13-10-14-22-45)49-28-30-52-57-41-67-59(43-65(57)78(7,8)63(52)39-49)72-61(76(67,3)4)32-31-54-53-23-15-17-25-68(53)81-74(54)72/h9-43H,1-8H3. The van der Waals surface area contributed by atoms with Crippen molar-refractivity contribution in [1.29, 1.82) is 0 Å². The van der Waals surface area contributed by atoms with Crippen LogP contribution in [-0.2, 0) is 21.7 Å². The van der Waals surface area contributed by atoms with E-state index in [-0.39, 0.29) is 21.7 Å². The Morgan fingerprint density at radius 3 is 1.30 bits per heavy atom. The average Bonchev–Trinajstić information content (AvgIpc) is 2.37. The SMILES string of the molecule is CC1(C)c2cc(N(c3cc(-c4ccccc4)cc(-c4ccccc4)c3)c3ccc4c(c3)C(C)(C)c3cc5c(cc3-4)C(C)(C)c3ccc4oc6ccccc6c4c3-5)ccc2-c2cc3c(cc21)-c1c(ccc2c1oc1ccccc12)C3(C)C. The van der Waals surface area contributed by atoms with Crippen molar-refractivity contribution in [3.05, 3.63) is 257 Å². The molecular weight excluding hydrogens is 983 g/mol. The third-order valence-corrected chi connectivity index (χ3v) is 19.8. The monoisotopic (exact) mass is 1040 g/mol. The zero-order chi connectivity index (χ0) is 54.6. The van der Waals surface area contributed by atoms with Gasteiger partial charge in [0.05, 0.1) is 0 Å². The lowest BCUT2D eigenvalue weighted by Crippen LogP contribution is -2.18. The van der Waals surface area contributed by atoms with Crippen LogP contribution < -0.4 is 4.90 Å². The van der Waals surface area contributed by atoms with Gasteiger partial charge in [-0.15, -0.1) is 0 Å². The first-order valence-corrected chi connectivity index (χ1v) is 28.8. The molecule has 0 saturated carbocycles. The van der Waals surface area contributed by atoms with Crippen molar-refractivity contribution in [2.75, 3.05) is 4.90 Å². The van der Waals surface area contributed by atoms with Gasteiger partial charge < -0.3 is 13.7 Å². The Morgan fingerprint density at radius 2 is 0.716 bits per heavy atom. The van der Waals surface area contributed by atoms with Gasteiger partial charge in [0.1, 0.15) is 22.3 Å². The molecule has 0 saturated heterocycles. The van der Waals surface area contributed by atoms with Gasteiger partial charge in [-0.05, 0) is 191 Å². The van der Waals surface area contributed by atoms with Gasteiger partial charge in [0.25, 0.3) is 0 Å². The smallest absolute Gasteiger partial charge is 0.143 e. The molecule has 0 spiro atoms. The fourth-order valence-corrected chi connectivity index (χ4v) is 15.5. The summed E-state index contributed by atoms with van der Waals surface area (Å²) in [6.45, 7) is 19.3. The Hall–Kier alpha value is -9.18. The number of furan rings is 2. The highest BCUT2D eigenvalue weighted by Gasteiger charge is 2.45. The minimum atomic E-state index is -0.306. The van der Waals surface area contributed by atoms with E-state index >= 15 is 0 Å². The third-order valence-electron chi connectivity index (χ3n) is 19.8. The maximum Gasteiger partial charge on any atom is 0.143 e. The number of nitrogens with zero attached hydrogens (tertiary/aromatic N) is 1. The number of benzene rings is 11. The lowest BCUT2D eigenvalue weighted by Gasteiger charge is -2.30. The minimum absolute atomic E-state index is 0.195. The molecule has 4 aliphatic carbocycles. The Balaban J connectivity index is 0.847. The maximum atomic E-state index is 6.79. The van der Waals surface area contributed by atoms with Crippen LogP contribution in [0.15, 0.2) is 221 Å². The molecule has 4 aliphatic rings. The predicted octanol–water partition coefficient (Wildman–Crippen LogP) is 21.5. The molecule has 81 heavy (non-hydrogen) atoms. The van der Waals surface area contributed by atoms with Gasteiger partial charge in [-0.3, -0.25) is 0 Å². The van der Waals surface area contributed by atoms with Crippen LogP contribution in [-0.4, -0.2) is 0 Å². The highest BCUT2D eigenvalue weighted by molar-refractivity contribution is 6.16. The number of anilines is 3. The van der Waals surface area contributed by atoms with Crippen molar-refractivity contribution >= 4 is 60.9 Å². The fraction of sp³-hybridized carbons (Fsp3) is 0.154. The summed E-state index contributed by atoms with van der Waals surface area (Å²) >= 11 is 0. The van der Waals surface area contributed by atoms with E-state index in [0.717, 1.165) is 44.8 Å². The quantitative estimate of drug-likeness (QED) is 0.172. The van der Waals surface area contributed by atoms with Crippen molar-refractivity contribution in [3.8, 4) is 66.8 Å². The average molecular weight is 1040 g/mol. The van der Waals surface area contributed by atoms with E-state index in [1.165, 1.54) is 127 Å². The lowest BCUT2D eigenvalue weighted by molar-refractivity contribution is 0.649. The lowest BCUT2D eigenvalue weighted by atomic mass is 9.79. The molecule has 0 unspecified atom stereocenters. The zero-order valence-electron chi connectivity index (χ0n) is 47.0. The Morgan fingerprint density at radius 1 is 0.272 bits per heavy atom. The van der Waals surface area contributed by atoms with Crippen molar-refractivity contribution in [1.82, 2.24) is 0 Å². The van der Waals surface area contributed by atoms with Gasteiger partial charge in [-0.25, -0.2) is 0 Å². The van der Waals surface area contributed by atoms with E-state index in [4.69, 9.17) is 8.83 Å². The highest BCUT2D eigenvalue weighted by atomic mass is 16.3. The molecule has 13 aromatic rings. The van der Waals surface area contributed by atoms with Crippen molar-refractivity contribution < 1.29 is 8.83 Å². The van der Waals surface area contributed by atoms with Crippen LogP contribution in [0.4, 0.5) is 17.1 Å². The molecule has 0 N–H and O–H groups in total. The summed E-state index contributed by atoms with van der Waals surface area (Å²) in [5.41, 5.74) is 32.1.